The molecule has 0 aromatic heterocycles. The average molecular weight is 310 g/mol. The molecule has 0 spiro atoms. The Morgan fingerprint density at radius 3 is 2.33 bits per heavy atom. The van der Waals surface area contributed by atoms with Crippen LogP contribution in [0.1, 0.15) is 6.42 Å². The van der Waals surface area contributed by atoms with E-state index >= 15 is 0 Å². The van der Waals surface area contributed by atoms with E-state index in [1.807, 2.05) is 18.2 Å². The molecule has 1 heterocycles. The van der Waals surface area contributed by atoms with Crippen molar-refractivity contribution in [2.75, 3.05) is 43.5 Å². The average Bonchev–Trinajstić information content (AvgIpc) is 2.38. The first-order chi connectivity index (χ1) is 8.31. The molecule has 1 aliphatic heterocycles. The molecule has 0 radical (unpaired) electrons. The Hall–Kier alpha value is -0.150. The van der Waals surface area contributed by atoms with Gasteiger partial charge in [0.05, 0.1) is 10.7 Å². The third-order valence-electron chi connectivity index (χ3n) is 3.17. The monoisotopic (exact) mass is 308 g/mol. The number of halogens is 3. The van der Waals surface area contributed by atoms with E-state index in [4.69, 9.17) is 23.2 Å². The molecule has 2 nitrogen and oxygen atoms in total. The Bertz CT molecular complexity index is 352. The van der Waals surface area contributed by atoms with Crippen molar-refractivity contribution < 1.29 is 0 Å². The minimum atomic E-state index is 0. The molecule has 18 heavy (non-hydrogen) atoms. The van der Waals surface area contributed by atoms with Gasteiger partial charge in [-0.15, -0.1) is 24.0 Å². The van der Waals surface area contributed by atoms with Crippen molar-refractivity contribution in [3.8, 4) is 0 Å². The van der Waals surface area contributed by atoms with Crippen LogP contribution in [-0.4, -0.2) is 43.5 Å². The predicted octanol–water partition coefficient (Wildman–Crippen LogP) is 3.51. The van der Waals surface area contributed by atoms with Crippen LogP contribution in [-0.2, 0) is 0 Å². The number of rotatable bonds is 4. The van der Waals surface area contributed by atoms with E-state index in [-0.39, 0.29) is 12.4 Å². The SMILES string of the molecule is Cl.ClCCCN1CCN(c2ccccc2Cl)CC1. The molecular formula is C13H19Cl3N2. The highest BCUT2D eigenvalue weighted by molar-refractivity contribution is 6.33. The maximum absolute atomic E-state index is 6.20. The van der Waals surface area contributed by atoms with Crippen LogP contribution in [0.25, 0.3) is 0 Å². The first-order valence-electron chi connectivity index (χ1n) is 6.09. The molecule has 1 fully saturated rings. The van der Waals surface area contributed by atoms with Crippen molar-refractivity contribution in [1.82, 2.24) is 4.90 Å². The fourth-order valence-electron chi connectivity index (χ4n) is 2.20. The highest BCUT2D eigenvalue weighted by Crippen LogP contribution is 2.25. The van der Waals surface area contributed by atoms with Crippen LogP contribution in [0, 0.1) is 0 Å². The zero-order valence-corrected chi connectivity index (χ0v) is 12.6. The molecule has 0 bridgehead atoms. The van der Waals surface area contributed by atoms with Crippen LogP contribution >= 0.6 is 35.6 Å². The number of para-hydroxylation sites is 1. The van der Waals surface area contributed by atoms with Crippen LogP contribution in [0.5, 0.6) is 0 Å². The van der Waals surface area contributed by atoms with Gasteiger partial charge in [-0.05, 0) is 25.1 Å². The van der Waals surface area contributed by atoms with Gasteiger partial charge in [0.1, 0.15) is 0 Å². The maximum Gasteiger partial charge on any atom is 0.0639 e. The topological polar surface area (TPSA) is 6.48 Å². The molecule has 2 rings (SSSR count). The Balaban J connectivity index is 0.00000162. The van der Waals surface area contributed by atoms with E-state index in [1.165, 1.54) is 0 Å². The van der Waals surface area contributed by atoms with E-state index < -0.39 is 0 Å². The van der Waals surface area contributed by atoms with Crippen molar-refractivity contribution in [2.45, 2.75) is 6.42 Å². The van der Waals surface area contributed by atoms with Gasteiger partial charge in [0.2, 0.25) is 0 Å². The fourth-order valence-corrected chi connectivity index (χ4v) is 2.58. The lowest BCUT2D eigenvalue weighted by molar-refractivity contribution is 0.259. The summed E-state index contributed by atoms with van der Waals surface area (Å²) in [6.07, 6.45) is 1.08. The van der Waals surface area contributed by atoms with Crippen molar-refractivity contribution in [1.29, 1.82) is 0 Å². The van der Waals surface area contributed by atoms with Crippen molar-refractivity contribution in [3.05, 3.63) is 29.3 Å². The summed E-state index contributed by atoms with van der Waals surface area (Å²) in [5.74, 6) is 0.755. The van der Waals surface area contributed by atoms with E-state index in [0.717, 1.165) is 55.7 Å². The number of benzene rings is 1. The van der Waals surface area contributed by atoms with E-state index in [2.05, 4.69) is 15.9 Å². The molecule has 1 aromatic carbocycles. The van der Waals surface area contributed by atoms with Crippen LogP contribution in [0.4, 0.5) is 5.69 Å². The molecule has 1 aliphatic rings. The lowest BCUT2D eigenvalue weighted by atomic mass is 10.2. The molecule has 0 aliphatic carbocycles. The van der Waals surface area contributed by atoms with Crippen LogP contribution in [0.15, 0.2) is 24.3 Å². The lowest BCUT2D eigenvalue weighted by Crippen LogP contribution is -2.46. The third kappa shape index (κ3) is 4.20. The molecule has 102 valence electrons. The van der Waals surface area contributed by atoms with Gasteiger partial charge in [-0.2, -0.15) is 0 Å². The zero-order valence-electron chi connectivity index (χ0n) is 10.3. The predicted molar refractivity (Wildman–Crippen MR) is 82.7 cm³/mol. The summed E-state index contributed by atoms with van der Waals surface area (Å²) in [5, 5.41) is 0.849. The molecule has 1 saturated heterocycles. The standard InChI is InChI=1S/C13H18Cl2N2.ClH/c14-6-3-7-16-8-10-17(11-9-16)13-5-2-1-4-12(13)15;/h1-2,4-5H,3,6-11H2;1H. The summed E-state index contributed by atoms with van der Waals surface area (Å²) < 4.78 is 0. The van der Waals surface area contributed by atoms with Gasteiger partial charge in [-0.25, -0.2) is 0 Å². The summed E-state index contributed by atoms with van der Waals surface area (Å²) in [7, 11) is 0. The zero-order chi connectivity index (χ0) is 12.1. The number of hydrogen-bond acceptors (Lipinski definition) is 2. The Morgan fingerprint density at radius 1 is 1.06 bits per heavy atom. The normalized spacial score (nSPS) is 16.4. The van der Waals surface area contributed by atoms with Gasteiger partial charge < -0.3 is 4.90 Å². The number of anilines is 1. The smallest absolute Gasteiger partial charge is 0.0639 e. The quantitative estimate of drug-likeness (QED) is 0.785. The van der Waals surface area contributed by atoms with Gasteiger partial charge in [0.25, 0.3) is 0 Å². The largest absolute Gasteiger partial charge is 0.368 e. The molecule has 0 saturated carbocycles. The van der Waals surface area contributed by atoms with Crippen molar-refractivity contribution in [2.24, 2.45) is 0 Å². The first kappa shape index (κ1) is 15.9. The molecule has 1 aromatic rings. The second kappa shape index (κ2) is 8.11. The molecule has 5 heteroatoms. The van der Waals surface area contributed by atoms with Crippen LogP contribution in [0.2, 0.25) is 5.02 Å². The maximum atomic E-state index is 6.20. The van der Waals surface area contributed by atoms with Crippen LogP contribution < -0.4 is 4.90 Å². The lowest BCUT2D eigenvalue weighted by Gasteiger charge is -2.36. The van der Waals surface area contributed by atoms with Gasteiger partial charge in [-0.3, -0.25) is 4.90 Å². The summed E-state index contributed by atoms with van der Waals surface area (Å²) in [5.41, 5.74) is 1.16. The second-order valence-electron chi connectivity index (χ2n) is 4.32. The van der Waals surface area contributed by atoms with Crippen molar-refractivity contribution >= 4 is 41.3 Å². The Kier molecular flexibility index (Phi) is 7.16. The number of nitrogens with zero attached hydrogens (tertiary/aromatic N) is 2. The number of piperazine rings is 1. The summed E-state index contributed by atoms with van der Waals surface area (Å²) in [6, 6.07) is 8.07. The van der Waals surface area contributed by atoms with Gasteiger partial charge in [0, 0.05) is 32.1 Å². The fraction of sp³-hybridized carbons (Fsp3) is 0.538. The summed E-state index contributed by atoms with van der Waals surface area (Å²) >= 11 is 11.9. The van der Waals surface area contributed by atoms with Crippen molar-refractivity contribution in [3.63, 3.8) is 0 Å². The number of hydrogen-bond donors (Lipinski definition) is 0. The number of alkyl halides is 1. The minimum absolute atomic E-state index is 0. The van der Waals surface area contributed by atoms with Gasteiger partial charge >= 0.3 is 0 Å². The van der Waals surface area contributed by atoms with Gasteiger partial charge in [0.15, 0.2) is 0 Å². The summed E-state index contributed by atoms with van der Waals surface area (Å²) in [6.45, 7) is 5.40. The van der Waals surface area contributed by atoms with E-state index in [1.54, 1.807) is 0 Å². The minimum Gasteiger partial charge on any atom is -0.368 e. The molecule has 0 atom stereocenters. The highest BCUT2D eigenvalue weighted by Gasteiger charge is 2.17. The molecule has 0 amide bonds. The summed E-state index contributed by atoms with van der Waals surface area (Å²) in [4.78, 5) is 4.83. The van der Waals surface area contributed by atoms with Crippen LogP contribution in [0.3, 0.4) is 0 Å². The van der Waals surface area contributed by atoms with E-state index in [9.17, 15) is 0 Å². The molecular weight excluding hydrogens is 291 g/mol. The van der Waals surface area contributed by atoms with E-state index in [0.29, 0.717) is 0 Å². The first-order valence-corrected chi connectivity index (χ1v) is 7.00. The highest BCUT2D eigenvalue weighted by atomic mass is 35.5. The molecule has 0 N–H and O–H groups in total. The Morgan fingerprint density at radius 2 is 1.72 bits per heavy atom. The van der Waals surface area contributed by atoms with Gasteiger partial charge in [-0.1, -0.05) is 23.7 Å². The third-order valence-corrected chi connectivity index (χ3v) is 3.76. The Labute approximate surface area is 125 Å². The second-order valence-corrected chi connectivity index (χ2v) is 5.11. The molecule has 0 unspecified atom stereocenters.